The van der Waals surface area contributed by atoms with Crippen molar-refractivity contribution in [3.05, 3.63) is 40.9 Å². The van der Waals surface area contributed by atoms with Crippen LogP contribution in [0, 0.1) is 0 Å². The minimum Gasteiger partial charge on any atom is -0.325 e. The third-order valence-corrected chi connectivity index (χ3v) is 3.85. The summed E-state index contributed by atoms with van der Waals surface area (Å²) in [5.74, 6) is 1.54. The summed E-state index contributed by atoms with van der Waals surface area (Å²) in [4.78, 5) is 4.39. The third-order valence-electron chi connectivity index (χ3n) is 2.55. The van der Waals surface area contributed by atoms with Gasteiger partial charge in [0.05, 0.1) is 0 Å². The minimum atomic E-state index is 0.631. The maximum absolute atomic E-state index is 5.84. The number of rotatable bonds is 6. The number of nitrogens with one attached hydrogen (secondary N) is 2. The van der Waals surface area contributed by atoms with Gasteiger partial charge in [-0.2, -0.15) is 4.98 Å². The molecule has 106 valence electrons. The largest absolute Gasteiger partial charge is 0.325 e. The third kappa shape index (κ3) is 4.58. The van der Waals surface area contributed by atoms with Gasteiger partial charge in [-0.05, 0) is 37.6 Å². The molecule has 2 rings (SSSR count). The average molecular weight is 309 g/mol. The number of allylic oxidation sites excluding steroid dienone is 1. The number of thioether (sulfide) groups is 1. The highest BCUT2D eigenvalue weighted by atomic mass is 35.5. The number of anilines is 2. The predicted molar refractivity (Wildman–Crippen MR) is 85.9 cm³/mol. The number of benzene rings is 1. The van der Waals surface area contributed by atoms with Crippen LogP contribution in [0.3, 0.4) is 0 Å². The van der Waals surface area contributed by atoms with Crippen LogP contribution < -0.4 is 5.32 Å². The molecule has 0 aliphatic heterocycles. The lowest BCUT2D eigenvalue weighted by Gasteiger charge is -2.01. The zero-order chi connectivity index (χ0) is 14.4. The van der Waals surface area contributed by atoms with Crippen molar-refractivity contribution >= 4 is 35.0 Å². The van der Waals surface area contributed by atoms with E-state index in [9.17, 15) is 0 Å². The summed E-state index contributed by atoms with van der Waals surface area (Å²) in [7, 11) is 0. The first-order valence-corrected chi connectivity index (χ1v) is 7.77. The van der Waals surface area contributed by atoms with Gasteiger partial charge in [0.15, 0.2) is 0 Å². The van der Waals surface area contributed by atoms with Crippen LogP contribution >= 0.6 is 23.4 Å². The van der Waals surface area contributed by atoms with E-state index < -0.39 is 0 Å². The van der Waals surface area contributed by atoms with Crippen LogP contribution in [0.2, 0.25) is 5.02 Å². The molecule has 0 bridgehead atoms. The van der Waals surface area contributed by atoms with Gasteiger partial charge in [-0.3, -0.25) is 0 Å². The molecular weight excluding hydrogens is 292 g/mol. The van der Waals surface area contributed by atoms with Crippen LogP contribution in [0.15, 0.2) is 41.1 Å². The van der Waals surface area contributed by atoms with Crippen molar-refractivity contribution in [3.8, 4) is 0 Å². The van der Waals surface area contributed by atoms with Gasteiger partial charge in [-0.25, -0.2) is 5.10 Å². The van der Waals surface area contributed by atoms with Crippen LogP contribution in [0.1, 0.15) is 20.3 Å². The lowest BCUT2D eigenvalue weighted by atomic mass is 10.3. The van der Waals surface area contributed by atoms with Gasteiger partial charge in [0.1, 0.15) is 0 Å². The zero-order valence-corrected chi connectivity index (χ0v) is 13.1. The first kappa shape index (κ1) is 14.9. The molecule has 0 radical (unpaired) electrons. The average Bonchev–Trinajstić information content (AvgIpc) is 2.87. The number of aromatic nitrogens is 3. The Balaban J connectivity index is 1.92. The van der Waals surface area contributed by atoms with E-state index >= 15 is 0 Å². The van der Waals surface area contributed by atoms with E-state index in [0.717, 1.165) is 23.0 Å². The fourth-order valence-corrected chi connectivity index (χ4v) is 2.49. The van der Waals surface area contributed by atoms with E-state index in [4.69, 9.17) is 11.6 Å². The van der Waals surface area contributed by atoms with Gasteiger partial charge in [-0.15, -0.1) is 5.10 Å². The standard InChI is InChI=1S/C14H17ClN4S/c1-3-4-10(2)9-20-14-17-13(18-19-14)16-12-7-5-11(15)6-8-12/h4-8H,3,9H2,1-2H3,(H2,16,17,18,19)/b10-4-. The molecule has 2 aromatic rings. The summed E-state index contributed by atoms with van der Waals surface area (Å²) in [6.07, 6.45) is 3.27. The van der Waals surface area contributed by atoms with Crippen molar-refractivity contribution in [2.24, 2.45) is 0 Å². The second-order valence-corrected chi connectivity index (χ2v) is 5.72. The molecular formula is C14H17ClN4S. The van der Waals surface area contributed by atoms with Crippen molar-refractivity contribution in [1.29, 1.82) is 0 Å². The molecule has 0 unspecified atom stereocenters. The molecule has 0 aliphatic rings. The molecule has 20 heavy (non-hydrogen) atoms. The molecule has 2 N–H and O–H groups in total. The Morgan fingerprint density at radius 3 is 2.85 bits per heavy atom. The van der Waals surface area contributed by atoms with E-state index in [2.05, 4.69) is 40.4 Å². The molecule has 0 atom stereocenters. The molecule has 0 saturated carbocycles. The zero-order valence-electron chi connectivity index (χ0n) is 11.5. The molecule has 4 nitrogen and oxygen atoms in total. The van der Waals surface area contributed by atoms with Gasteiger partial charge in [0.25, 0.3) is 0 Å². The van der Waals surface area contributed by atoms with Crippen LogP contribution in [0.5, 0.6) is 0 Å². The quantitative estimate of drug-likeness (QED) is 0.602. The second-order valence-electron chi connectivity index (χ2n) is 4.35. The monoisotopic (exact) mass is 308 g/mol. The first-order chi connectivity index (χ1) is 9.67. The second kappa shape index (κ2) is 7.36. The van der Waals surface area contributed by atoms with Gasteiger partial charge in [0, 0.05) is 16.5 Å². The number of hydrogen-bond acceptors (Lipinski definition) is 4. The smallest absolute Gasteiger partial charge is 0.223 e. The summed E-state index contributed by atoms with van der Waals surface area (Å²) in [6.45, 7) is 4.26. The van der Waals surface area contributed by atoms with Crippen LogP contribution in [0.25, 0.3) is 0 Å². The van der Waals surface area contributed by atoms with Crippen molar-refractivity contribution in [3.63, 3.8) is 0 Å². The van der Waals surface area contributed by atoms with Crippen LogP contribution in [-0.2, 0) is 0 Å². The summed E-state index contributed by atoms with van der Waals surface area (Å²) in [5, 5.41) is 11.7. The molecule has 0 spiro atoms. The Kier molecular flexibility index (Phi) is 5.49. The maximum Gasteiger partial charge on any atom is 0.223 e. The number of halogens is 1. The van der Waals surface area contributed by atoms with Crippen molar-refractivity contribution in [2.75, 3.05) is 11.1 Å². The molecule has 1 aromatic heterocycles. The number of nitrogens with zero attached hydrogens (tertiary/aromatic N) is 2. The number of hydrogen-bond donors (Lipinski definition) is 2. The summed E-state index contributed by atoms with van der Waals surface area (Å²) >= 11 is 7.46. The lowest BCUT2D eigenvalue weighted by Crippen LogP contribution is -1.91. The van der Waals surface area contributed by atoms with Gasteiger partial charge in [0.2, 0.25) is 11.1 Å². The number of aromatic amines is 1. The molecule has 0 amide bonds. The fraction of sp³-hybridized carbons (Fsp3) is 0.286. The summed E-state index contributed by atoms with van der Waals surface area (Å²) in [6, 6.07) is 7.45. The Bertz CT molecular complexity index is 577. The molecule has 6 heteroatoms. The van der Waals surface area contributed by atoms with Crippen molar-refractivity contribution in [2.45, 2.75) is 25.4 Å². The minimum absolute atomic E-state index is 0.631. The first-order valence-electron chi connectivity index (χ1n) is 6.41. The molecule has 1 aromatic carbocycles. The summed E-state index contributed by atoms with van der Waals surface area (Å²) < 4.78 is 0. The van der Waals surface area contributed by atoms with Crippen molar-refractivity contribution < 1.29 is 0 Å². The Labute approximate surface area is 128 Å². The normalized spacial score (nSPS) is 11.7. The van der Waals surface area contributed by atoms with Gasteiger partial charge >= 0.3 is 0 Å². The van der Waals surface area contributed by atoms with E-state index in [1.54, 1.807) is 11.8 Å². The van der Waals surface area contributed by atoms with E-state index in [1.807, 2.05) is 24.3 Å². The number of H-pyrrole nitrogens is 1. The van der Waals surface area contributed by atoms with Gasteiger partial charge < -0.3 is 5.32 Å². The van der Waals surface area contributed by atoms with E-state index in [-0.39, 0.29) is 0 Å². The fourth-order valence-electron chi connectivity index (χ4n) is 1.62. The highest BCUT2D eigenvalue weighted by molar-refractivity contribution is 7.99. The molecule has 0 fully saturated rings. The Hall–Kier alpha value is -1.46. The SMILES string of the molecule is CC/C=C(/C)CSc1n[nH]c(Nc2ccc(Cl)cc2)n1. The maximum atomic E-state index is 5.84. The Morgan fingerprint density at radius 2 is 2.15 bits per heavy atom. The van der Waals surface area contributed by atoms with E-state index in [0.29, 0.717) is 11.0 Å². The molecule has 0 saturated heterocycles. The summed E-state index contributed by atoms with van der Waals surface area (Å²) in [5.41, 5.74) is 2.26. The Morgan fingerprint density at radius 1 is 1.40 bits per heavy atom. The van der Waals surface area contributed by atoms with Gasteiger partial charge in [-0.1, -0.05) is 41.9 Å². The van der Waals surface area contributed by atoms with Crippen LogP contribution in [-0.4, -0.2) is 20.9 Å². The van der Waals surface area contributed by atoms with Crippen LogP contribution in [0.4, 0.5) is 11.6 Å². The molecule has 1 heterocycles. The molecule has 0 aliphatic carbocycles. The topological polar surface area (TPSA) is 53.6 Å². The van der Waals surface area contributed by atoms with Crippen molar-refractivity contribution in [1.82, 2.24) is 15.2 Å². The lowest BCUT2D eigenvalue weighted by molar-refractivity contribution is 0.974. The highest BCUT2D eigenvalue weighted by Gasteiger charge is 2.04. The highest BCUT2D eigenvalue weighted by Crippen LogP contribution is 2.20. The van der Waals surface area contributed by atoms with E-state index in [1.165, 1.54) is 5.57 Å². The predicted octanol–water partition coefficient (Wildman–Crippen LogP) is 4.65.